The Morgan fingerprint density at radius 3 is 2.44 bits per heavy atom. The van der Waals surface area contributed by atoms with E-state index >= 15 is 0 Å². The van der Waals surface area contributed by atoms with Gasteiger partial charge in [0.05, 0.1) is 12.0 Å². The molecule has 1 aliphatic rings. The molecule has 0 bridgehead atoms. The predicted molar refractivity (Wildman–Crippen MR) is 59.7 cm³/mol. The maximum atomic E-state index is 11.6. The van der Waals surface area contributed by atoms with Gasteiger partial charge in [-0.25, -0.2) is 0 Å². The third-order valence-electron chi connectivity index (χ3n) is 3.15. The summed E-state index contributed by atoms with van der Waals surface area (Å²) >= 11 is 0. The number of carbonyl (C=O) groups excluding carboxylic acids is 1. The number of nitrogens with one attached hydrogen (secondary N) is 1. The van der Waals surface area contributed by atoms with Crippen LogP contribution in [0.1, 0.15) is 33.1 Å². The Kier molecular flexibility index (Phi) is 4.29. The van der Waals surface area contributed by atoms with Crippen LogP contribution in [0.3, 0.4) is 0 Å². The molecule has 3 atom stereocenters. The fraction of sp³-hybridized carbons (Fsp3) is 0.818. The highest BCUT2D eigenvalue weighted by atomic mass is 16.4. The topological polar surface area (TPSA) is 92.4 Å². The van der Waals surface area contributed by atoms with Crippen LogP contribution in [0, 0.1) is 11.8 Å². The van der Waals surface area contributed by atoms with E-state index in [0.29, 0.717) is 12.8 Å². The molecule has 0 heterocycles. The van der Waals surface area contributed by atoms with Crippen molar-refractivity contribution in [2.24, 2.45) is 17.6 Å². The van der Waals surface area contributed by atoms with Crippen LogP contribution in [-0.4, -0.2) is 29.1 Å². The van der Waals surface area contributed by atoms with Crippen molar-refractivity contribution in [3.05, 3.63) is 0 Å². The van der Waals surface area contributed by atoms with E-state index in [2.05, 4.69) is 5.32 Å². The zero-order valence-electron chi connectivity index (χ0n) is 9.77. The summed E-state index contributed by atoms with van der Waals surface area (Å²) in [5.74, 6) is -1.17. The van der Waals surface area contributed by atoms with Crippen LogP contribution in [0.25, 0.3) is 0 Å². The molecule has 0 aromatic rings. The Bertz CT molecular complexity index is 278. The SMILES string of the molecule is CC(C)C(N)C(=O)N[C@H]1CC[C@@H](C(=O)O)C1. The van der Waals surface area contributed by atoms with Crippen LogP contribution < -0.4 is 11.1 Å². The highest BCUT2D eigenvalue weighted by Crippen LogP contribution is 2.25. The van der Waals surface area contributed by atoms with Gasteiger partial charge in [-0.3, -0.25) is 9.59 Å². The number of hydrogen-bond acceptors (Lipinski definition) is 3. The Labute approximate surface area is 95.4 Å². The average Bonchev–Trinajstić information content (AvgIpc) is 2.64. The molecule has 16 heavy (non-hydrogen) atoms. The van der Waals surface area contributed by atoms with Crippen LogP contribution in [0.2, 0.25) is 0 Å². The average molecular weight is 228 g/mol. The molecule has 0 aliphatic heterocycles. The summed E-state index contributed by atoms with van der Waals surface area (Å²) in [6.45, 7) is 3.78. The number of aliphatic carboxylic acids is 1. The molecule has 1 amide bonds. The van der Waals surface area contributed by atoms with Crippen molar-refractivity contribution in [2.75, 3.05) is 0 Å². The molecule has 0 spiro atoms. The molecule has 1 rings (SSSR count). The van der Waals surface area contributed by atoms with Crippen LogP contribution in [0.5, 0.6) is 0 Å². The normalized spacial score (nSPS) is 26.8. The fourth-order valence-electron chi connectivity index (χ4n) is 1.94. The van der Waals surface area contributed by atoms with Crippen molar-refractivity contribution in [1.29, 1.82) is 0 Å². The molecule has 5 heteroatoms. The fourth-order valence-corrected chi connectivity index (χ4v) is 1.94. The van der Waals surface area contributed by atoms with Gasteiger partial charge in [-0.1, -0.05) is 13.8 Å². The van der Waals surface area contributed by atoms with E-state index in [1.54, 1.807) is 0 Å². The van der Waals surface area contributed by atoms with Gasteiger partial charge in [0.15, 0.2) is 0 Å². The third kappa shape index (κ3) is 3.20. The summed E-state index contributed by atoms with van der Waals surface area (Å²) in [6.07, 6.45) is 1.89. The number of carboxylic acid groups (broad SMARTS) is 1. The Hall–Kier alpha value is -1.10. The smallest absolute Gasteiger partial charge is 0.306 e. The highest BCUT2D eigenvalue weighted by Gasteiger charge is 2.31. The predicted octanol–water partition coefficient (Wildman–Crippen LogP) is 0.339. The number of carboxylic acids is 1. The second-order valence-corrected chi connectivity index (χ2v) is 4.82. The molecular weight excluding hydrogens is 208 g/mol. The van der Waals surface area contributed by atoms with Crippen molar-refractivity contribution < 1.29 is 14.7 Å². The van der Waals surface area contributed by atoms with Crippen molar-refractivity contribution in [3.8, 4) is 0 Å². The second-order valence-electron chi connectivity index (χ2n) is 4.82. The molecule has 0 saturated heterocycles. The quantitative estimate of drug-likeness (QED) is 0.647. The van der Waals surface area contributed by atoms with Gasteiger partial charge in [0.25, 0.3) is 0 Å². The first kappa shape index (κ1) is 13.0. The number of hydrogen-bond donors (Lipinski definition) is 3. The summed E-state index contributed by atoms with van der Waals surface area (Å²) in [4.78, 5) is 22.4. The first-order valence-corrected chi connectivity index (χ1v) is 5.70. The van der Waals surface area contributed by atoms with Gasteiger partial charge < -0.3 is 16.2 Å². The molecular formula is C11H20N2O3. The zero-order valence-corrected chi connectivity index (χ0v) is 9.77. The summed E-state index contributed by atoms with van der Waals surface area (Å²) in [5, 5.41) is 11.6. The zero-order chi connectivity index (χ0) is 12.3. The van der Waals surface area contributed by atoms with Gasteiger partial charge in [-0.2, -0.15) is 0 Å². The van der Waals surface area contributed by atoms with Crippen molar-refractivity contribution in [1.82, 2.24) is 5.32 Å². The lowest BCUT2D eigenvalue weighted by atomic mass is 10.0. The molecule has 1 aliphatic carbocycles. The van der Waals surface area contributed by atoms with Crippen LogP contribution >= 0.6 is 0 Å². The van der Waals surface area contributed by atoms with Crippen LogP contribution in [-0.2, 0) is 9.59 Å². The molecule has 0 aromatic heterocycles. The lowest BCUT2D eigenvalue weighted by Crippen LogP contribution is -2.47. The standard InChI is InChI=1S/C11H20N2O3/c1-6(2)9(12)10(14)13-8-4-3-7(5-8)11(15)16/h6-9H,3-5,12H2,1-2H3,(H,13,14)(H,15,16)/t7-,8+,9?/m1/s1. The summed E-state index contributed by atoms with van der Waals surface area (Å²) in [5.41, 5.74) is 5.70. The van der Waals surface area contributed by atoms with E-state index in [9.17, 15) is 9.59 Å². The number of amides is 1. The van der Waals surface area contributed by atoms with E-state index in [-0.39, 0.29) is 23.8 Å². The van der Waals surface area contributed by atoms with E-state index in [1.807, 2.05) is 13.8 Å². The van der Waals surface area contributed by atoms with Crippen molar-refractivity contribution in [3.63, 3.8) is 0 Å². The van der Waals surface area contributed by atoms with E-state index in [4.69, 9.17) is 10.8 Å². The minimum atomic E-state index is -0.773. The molecule has 92 valence electrons. The first-order chi connectivity index (χ1) is 7.41. The molecule has 1 unspecified atom stereocenters. The molecule has 0 aromatic carbocycles. The minimum Gasteiger partial charge on any atom is -0.481 e. The maximum Gasteiger partial charge on any atom is 0.306 e. The monoisotopic (exact) mass is 228 g/mol. The molecule has 5 nitrogen and oxygen atoms in total. The van der Waals surface area contributed by atoms with Crippen molar-refractivity contribution >= 4 is 11.9 Å². The largest absolute Gasteiger partial charge is 0.481 e. The highest BCUT2D eigenvalue weighted by molar-refractivity contribution is 5.82. The minimum absolute atomic E-state index is 0.0293. The molecule has 1 saturated carbocycles. The van der Waals surface area contributed by atoms with Gasteiger partial charge in [-0.15, -0.1) is 0 Å². The molecule has 1 fully saturated rings. The number of nitrogens with two attached hydrogens (primary N) is 1. The van der Waals surface area contributed by atoms with E-state index in [1.165, 1.54) is 0 Å². The Morgan fingerprint density at radius 1 is 1.38 bits per heavy atom. The summed E-state index contributed by atoms with van der Waals surface area (Å²) in [6, 6.07) is -0.540. The molecule has 4 N–H and O–H groups in total. The van der Waals surface area contributed by atoms with Gasteiger partial charge in [0.2, 0.25) is 5.91 Å². The van der Waals surface area contributed by atoms with E-state index in [0.717, 1.165) is 6.42 Å². The number of carbonyl (C=O) groups is 2. The van der Waals surface area contributed by atoms with Gasteiger partial charge in [-0.05, 0) is 25.2 Å². The number of rotatable bonds is 4. The lowest BCUT2D eigenvalue weighted by molar-refractivity contribution is -0.141. The van der Waals surface area contributed by atoms with Crippen LogP contribution in [0.15, 0.2) is 0 Å². The summed E-state index contributed by atoms with van der Waals surface area (Å²) < 4.78 is 0. The van der Waals surface area contributed by atoms with E-state index < -0.39 is 12.0 Å². The Morgan fingerprint density at radius 2 is 2.00 bits per heavy atom. The maximum absolute atomic E-state index is 11.6. The third-order valence-corrected chi connectivity index (χ3v) is 3.15. The van der Waals surface area contributed by atoms with Gasteiger partial charge in [0.1, 0.15) is 0 Å². The lowest BCUT2D eigenvalue weighted by Gasteiger charge is -2.19. The first-order valence-electron chi connectivity index (χ1n) is 5.70. The van der Waals surface area contributed by atoms with Gasteiger partial charge >= 0.3 is 5.97 Å². The summed E-state index contributed by atoms with van der Waals surface area (Å²) in [7, 11) is 0. The second kappa shape index (κ2) is 5.30. The van der Waals surface area contributed by atoms with Crippen LogP contribution in [0.4, 0.5) is 0 Å². The Balaban J connectivity index is 2.40. The molecule has 0 radical (unpaired) electrons. The van der Waals surface area contributed by atoms with Crippen molar-refractivity contribution in [2.45, 2.75) is 45.2 Å². The van der Waals surface area contributed by atoms with Gasteiger partial charge in [0, 0.05) is 6.04 Å².